The van der Waals surface area contributed by atoms with Crippen molar-refractivity contribution in [1.82, 2.24) is 0 Å². The summed E-state index contributed by atoms with van der Waals surface area (Å²) in [7, 11) is 0. The van der Waals surface area contributed by atoms with Gasteiger partial charge < -0.3 is 5.02 Å². The minimum atomic E-state index is -0.521. The second-order valence-electron chi connectivity index (χ2n) is 3.91. The molecule has 0 saturated carbocycles. The Hall–Kier alpha value is -1.54. The van der Waals surface area contributed by atoms with Gasteiger partial charge in [-0.15, -0.1) is 0 Å². The minimum absolute atomic E-state index is 0. The second-order valence-corrected chi connectivity index (χ2v) is 3.91. The first-order chi connectivity index (χ1) is 7.81. The summed E-state index contributed by atoms with van der Waals surface area (Å²) >= 11 is 0. The van der Waals surface area contributed by atoms with E-state index in [0.29, 0.717) is 0 Å². The van der Waals surface area contributed by atoms with Crippen LogP contribution in [-0.4, -0.2) is 11.9 Å². The summed E-state index contributed by atoms with van der Waals surface area (Å²) in [4.78, 5) is 0. The molecular weight excluding hydrogens is 207 g/mol. The first-order valence-electron chi connectivity index (χ1n) is 5.63. The molecule has 0 saturated heterocycles. The average molecular weight is 226 g/mol. The molecule has 0 radical (unpaired) electrons. The maximum atomic E-state index is 10.2. The van der Waals surface area contributed by atoms with Crippen LogP contribution < -0.4 is 10.9 Å². The predicted octanol–water partition coefficient (Wildman–Crippen LogP) is 1.98. The van der Waals surface area contributed by atoms with Gasteiger partial charge in [0.05, 0.1) is 0 Å². The molecule has 0 fully saturated rings. The quantitative estimate of drug-likeness (QED) is 0.793. The molecule has 1 N–H and O–H groups in total. The zero-order chi connectivity index (χ0) is 11.4. The summed E-state index contributed by atoms with van der Waals surface area (Å²) in [6.45, 7) is 1.61. The summed E-state index contributed by atoms with van der Waals surface area (Å²) < 4.78 is 0. The third-order valence-electron chi connectivity index (χ3n) is 2.82. The van der Waals surface area contributed by atoms with Crippen LogP contribution in [0.3, 0.4) is 0 Å². The predicted molar refractivity (Wildman–Crippen MR) is 76.2 cm³/mol. The van der Waals surface area contributed by atoms with Crippen molar-refractivity contribution < 1.29 is 5.02 Å². The second kappa shape index (κ2) is 6.26. The number of aryl methyl sites for hydroxylation is 1. The normalized spacial score (nSPS) is 9.53. The van der Waals surface area contributed by atoms with Crippen molar-refractivity contribution in [2.75, 3.05) is 0 Å². The van der Waals surface area contributed by atoms with E-state index in [4.69, 9.17) is 0 Å². The topological polar surface area (TPSA) is 20.2 Å². The molecule has 0 spiro atoms. The van der Waals surface area contributed by atoms with Gasteiger partial charge in [-0.2, -0.15) is 0 Å². The first kappa shape index (κ1) is 13.5. The van der Waals surface area contributed by atoms with Crippen LogP contribution in [0.2, 0.25) is 0 Å². The van der Waals surface area contributed by atoms with Gasteiger partial charge in [0.1, 0.15) is 0 Å². The molecule has 2 rings (SSSR count). The Morgan fingerprint density at radius 3 is 1.94 bits per heavy atom. The van der Waals surface area contributed by atoms with E-state index in [0.717, 1.165) is 17.3 Å². The summed E-state index contributed by atoms with van der Waals surface area (Å²) in [6.07, 6.45) is 1.03. The van der Waals surface area contributed by atoms with Crippen molar-refractivity contribution in [2.24, 2.45) is 0 Å². The van der Waals surface area contributed by atoms with Crippen LogP contribution in [0.1, 0.15) is 19.9 Å². The minimum Gasteiger partial charge on any atom is -0.443 e. The number of rotatable bonds is 3. The highest BCUT2D eigenvalue weighted by atomic mass is 16.2. The van der Waals surface area contributed by atoms with E-state index < -0.39 is 6.92 Å². The number of benzene rings is 2. The van der Waals surface area contributed by atoms with Gasteiger partial charge in [0, 0.05) is 0 Å². The standard InChI is InChI=1S/C14H15BO.CH4/c1-2-12-8-10-14(11-9-12)15(16)13-6-4-3-5-7-13;/h3-11,16H,2H2,1H3;1H4. The molecule has 1 nitrogen and oxygen atoms in total. The Balaban J connectivity index is 0.00000144. The molecule has 0 unspecified atom stereocenters. The van der Waals surface area contributed by atoms with E-state index in [2.05, 4.69) is 19.1 Å². The highest BCUT2D eigenvalue weighted by molar-refractivity contribution is 6.78. The fraction of sp³-hybridized carbons (Fsp3) is 0.200. The molecule has 0 heterocycles. The van der Waals surface area contributed by atoms with Crippen LogP contribution in [0.4, 0.5) is 0 Å². The lowest BCUT2D eigenvalue weighted by Crippen LogP contribution is -2.42. The fourth-order valence-electron chi connectivity index (χ4n) is 1.76. The van der Waals surface area contributed by atoms with Crippen LogP contribution in [0.25, 0.3) is 0 Å². The van der Waals surface area contributed by atoms with Crippen molar-refractivity contribution in [3.8, 4) is 0 Å². The highest BCUT2D eigenvalue weighted by Gasteiger charge is 2.15. The molecule has 0 atom stereocenters. The Kier molecular flexibility index (Phi) is 4.98. The molecular formula is C15H19BO. The van der Waals surface area contributed by atoms with Crippen molar-refractivity contribution in [1.29, 1.82) is 0 Å². The van der Waals surface area contributed by atoms with Crippen LogP contribution >= 0.6 is 0 Å². The van der Waals surface area contributed by atoms with E-state index in [1.165, 1.54) is 5.56 Å². The van der Waals surface area contributed by atoms with Crippen molar-refractivity contribution in [3.05, 3.63) is 60.2 Å². The van der Waals surface area contributed by atoms with Crippen LogP contribution in [0, 0.1) is 0 Å². The highest BCUT2D eigenvalue weighted by Crippen LogP contribution is 1.98. The molecule has 17 heavy (non-hydrogen) atoms. The largest absolute Gasteiger partial charge is 0.443 e. The smallest absolute Gasteiger partial charge is 0.358 e. The van der Waals surface area contributed by atoms with Crippen LogP contribution in [0.5, 0.6) is 0 Å². The fourth-order valence-corrected chi connectivity index (χ4v) is 1.76. The van der Waals surface area contributed by atoms with Gasteiger partial charge in [-0.05, 0) is 22.9 Å². The summed E-state index contributed by atoms with van der Waals surface area (Å²) in [5, 5.41) is 10.2. The number of hydrogen-bond acceptors (Lipinski definition) is 1. The molecule has 2 aromatic carbocycles. The Bertz CT molecular complexity index is 436. The zero-order valence-corrected chi connectivity index (χ0v) is 9.43. The summed E-state index contributed by atoms with van der Waals surface area (Å²) in [6, 6.07) is 17.9. The maximum Gasteiger partial charge on any atom is 0.358 e. The molecule has 0 aliphatic rings. The van der Waals surface area contributed by atoms with Gasteiger partial charge in [0.2, 0.25) is 0 Å². The molecule has 0 amide bonds. The molecule has 2 aromatic rings. The molecule has 2 heteroatoms. The van der Waals surface area contributed by atoms with Gasteiger partial charge in [-0.1, -0.05) is 68.9 Å². The van der Waals surface area contributed by atoms with E-state index in [1.807, 2.05) is 42.5 Å². The molecule has 88 valence electrons. The monoisotopic (exact) mass is 226 g/mol. The van der Waals surface area contributed by atoms with Gasteiger partial charge in [0.15, 0.2) is 0 Å². The Morgan fingerprint density at radius 2 is 1.41 bits per heavy atom. The van der Waals surface area contributed by atoms with Crippen molar-refractivity contribution >= 4 is 17.8 Å². The third-order valence-corrected chi connectivity index (χ3v) is 2.82. The molecule has 0 aromatic heterocycles. The lowest BCUT2D eigenvalue weighted by molar-refractivity contribution is 0.600. The van der Waals surface area contributed by atoms with Crippen LogP contribution in [0.15, 0.2) is 54.6 Å². The first-order valence-corrected chi connectivity index (χ1v) is 5.63. The van der Waals surface area contributed by atoms with E-state index >= 15 is 0 Å². The molecule has 0 aliphatic heterocycles. The maximum absolute atomic E-state index is 10.2. The Labute approximate surface area is 104 Å². The third kappa shape index (κ3) is 3.21. The average Bonchev–Trinajstić information content (AvgIpc) is 2.39. The van der Waals surface area contributed by atoms with Crippen molar-refractivity contribution in [3.63, 3.8) is 0 Å². The summed E-state index contributed by atoms with van der Waals surface area (Å²) in [5.41, 5.74) is 3.18. The van der Waals surface area contributed by atoms with Gasteiger partial charge in [-0.3, -0.25) is 0 Å². The summed E-state index contributed by atoms with van der Waals surface area (Å²) in [5.74, 6) is 0. The lowest BCUT2D eigenvalue weighted by Gasteiger charge is -2.07. The molecule has 0 bridgehead atoms. The van der Waals surface area contributed by atoms with E-state index in [9.17, 15) is 5.02 Å². The lowest BCUT2D eigenvalue weighted by atomic mass is 9.56. The number of hydrogen-bond donors (Lipinski definition) is 1. The van der Waals surface area contributed by atoms with Gasteiger partial charge in [-0.25, -0.2) is 0 Å². The molecule has 0 aliphatic carbocycles. The van der Waals surface area contributed by atoms with Crippen LogP contribution in [-0.2, 0) is 6.42 Å². The van der Waals surface area contributed by atoms with Gasteiger partial charge in [0.25, 0.3) is 0 Å². The van der Waals surface area contributed by atoms with E-state index in [-0.39, 0.29) is 7.43 Å². The van der Waals surface area contributed by atoms with Gasteiger partial charge >= 0.3 is 6.92 Å². The van der Waals surface area contributed by atoms with Crippen molar-refractivity contribution in [2.45, 2.75) is 20.8 Å². The SMILES string of the molecule is C.CCc1ccc(B(O)c2ccccc2)cc1. The van der Waals surface area contributed by atoms with E-state index in [1.54, 1.807) is 0 Å². The Morgan fingerprint density at radius 1 is 0.882 bits per heavy atom. The zero-order valence-electron chi connectivity index (χ0n) is 9.43.